The predicted molar refractivity (Wildman–Crippen MR) is 107 cm³/mol. The Hall–Kier alpha value is -2.12. The topological polar surface area (TPSA) is 72.3 Å². The Bertz CT molecular complexity index is 737. The van der Waals surface area contributed by atoms with Crippen molar-refractivity contribution < 1.29 is 9.53 Å². The van der Waals surface area contributed by atoms with Crippen LogP contribution in [0.25, 0.3) is 5.69 Å². The normalized spacial score (nSPS) is 14.6. The molecule has 0 saturated carbocycles. The summed E-state index contributed by atoms with van der Waals surface area (Å²) in [5.74, 6) is 0.784. The second-order valence-electron chi connectivity index (χ2n) is 6.71. The number of ether oxygens (including phenoxy) is 1. The molecule has 1 saturated heterocycles. The van der Waals surface area contributed by atoms with Gasteiger partial charge in [-0.3, -0.25) is 4.79 Å². The molecule has 2 aromatic rings. The summed E-state index contributed by atoms with van der Waals surface area (Å²) < 4.78 is 7.44. The van der Waals surface area contributed by atoms with Crippen molar-refractivity contribution in [2.24, 2.45) is 0 Å². The molecule has 0 aliphatic carbocycles. The quantitative estimate of drug-likeness (QED) is 0.844. The first-order valence-corrected chi connectivity index (χ1v) is 9.31. The zero-order valence-corrected chi connectivity index (χ0v) is 17.0. The molecule has 8 heteroatoms. The molecule has 1 aliphatic rings. The smallest absolute Gasteiger partial charge is 0.276 e. The Morgan fingerprint density at radius 2 is 1.96 bits per heavy atom. The average molecular weight is 394 g/mol. The van der Waals surface area contributed by atoms with Gasteiger partial charge in [-0.1, -0.05) is 12.1 Å². The molecule has 148 valence electrons. The van der Waals surface area contributed by atoms with Crippen LogP contribution in [-0.4, -0.2) is 58.1 Å². The highest BCUT2D eigenvalue weighted by Gasteiger charge is 2.24. The molecule has 1 aromatic carbocycles. The Balaban J connectivity index is 0.00000261. The van der Waals surface area contributed by atoms with Crippen molar-refractivity contribution in [2.45, 2.75) is 39.7 Å². The molecule has 0 radical (unpaired) electrons. The van der Waals surface area contributed by atoms with Gasteiger partial charge < -0.3 is 15.0 Å². The maximum absolute atomic E-state index is 12.9. The first-order chi connectivity index (χ1) is 12.6. The van der Waals surface area contributed by atoms with Crippen LogP contribution in [0.5, 0.6) is 5.75 Å². The predicted octanol–water partition coefficient (Wildman–Crippen LogP) is 2.47. The Kier molecular flexibility index (Phi) is 7.62. The Labute approximate surface area is 166 Å². The van der Waals surface area contributed by atoms with E-state index in [4.69, 9.17) is 4.74 Å². The van der Waals surface area contributed by atoms with Crippen molar-refractivity contribution in [3.8, 4) is 11.4 Å². The van der Waals surface area contributed by atoms with E-state index in [1.165, 1.54) is 0 Å². The second kappa shape index (κ2) is 9.71. The van der Waals surface area contributed by atoms with Gasteiger partial charge in [-0.2, -0.15) is 0 Å². The average Bonchev–Trinajstić information content (AvgIpc) is 2.87. The summed E-state index contributed by atoms with van der Waals surface area (Å²) in [6.45, 7) is 9.24. The van der Waals surface area contributed by atoms with Crippen LogP contribution < -0.4 is 10.1 Å². The number of amides is 1. The van der Waals surface area contributed by atoms with E-state index in [9.17, 15) is 4.79 Å². The van der Waals surface area contributed by atoms with Crippen LogP contribution >= 0.6 is 12.4 Å². The minimum absolute atomic E-state index is 0. The summed E-state index contributed by atoms with van der Waals surface area (Å²) in [6, 6.07) is 7.71. The van der Waals surface area contributed by atoms with Crippen molar-refractivity contribution >= 4 is 18.3 Å². The first kappa shape index (κ1) is 21.2. The number of nitrogens with zero attached hydrogens (tertiary/aromatic N) is 4. The maximum atomic E-state index is 12.9. The summed E-state index contributed by atoms with van der Waals surface area (Å²) in [4.78, 5) is 14.8. The third-order valence-electron chi connectivity index (χ3n) is 4.38. The molecule has 1 aliphatic heterocycles. The van der Waals surface area contributed by atoms with Crippen LogP contribution in [0.15, 0.2) is 24.3 Å². The molecule has 2 heterocycles. The fourth-order valence-electron chi connectivity index (χ4n) is 3.13. The van der Waals surface area contributed by atoms with Crippen molar-refractivity contribution in [2.75, 3.05) is 26.2 Å². The molecule has 27 heavy (non-hydrogen) atoms. The SMILES string of the molecule is CCc1c(C(=O)N2CCCNCC2)nnn1-c1ccc(OC(C)C)cc1.Cl. The summed E-state index contributed by atoms with van der Waals surface area (Å²) in [5, 5.41) is 11.8. The number of benzene rings is 1. The fourth-order valence-corrected chi connectivity index (χ4v) is 3.13. The highest BCUT2D eigenvalue weighted by Crippen LogP contribution is 2.19. The van der Waals surface area contributed by atoms with Gasteiger partial charge in [0.05, 0.1) is 17.5 Å². The lowest BCUT2D eigenvalue weighted by molar-refractivity contribution is 0.0759. The summed E-state index contributed by atoms with van der Waals surface area (Å²) >= 11 is 0. The third kappa shape index (κ3) is 4.99. The molecule has 0 atom stereocenters. The number of carbonyl (C=O) groups excluding carboxylic acids is 1. The molecule has 0 unspecified atom stereocenters. The van der Waals surface area contributed by atoms with Crippen molar-refractivity contribution in [3.05, 3.63) is 35.7 Å². The number of halogens is 1. The van der Waals surface area contributed by atoms with Gasteiger partial charge in [0.15, 0.2) is 5.69 Å². The van der Waals surface area contributed by atoms with E-state index >= 15 is 0 Å². The molecule has 1 N–H and O–H groups in total. The van der Waals surface area contributed by atoms with Gasteiger partial charge in [0.2, 0.25) is 0 Å². The molecular weight excluding hydrogens is 366 g/mol. The molecule has 1 aromatic heterocycles. The number of nitrogens with one attached hydrogen (secondary N) is 1. The molecule has 1 fully saturated rings. The van der Waals surface area contributed by atoms with Crippen LogP contribution in [-0.2, 0) is 6.42 Å². The van der Waals surface area contributed by atoms with Crippen LogP contribution in [0.2, 0.25) is 0 Å². The zero-order chi connectivity index (χ0) is 18.5. The van der Waals surface area contributed by atoms with Gasteiger partial charge in [-0.15, -0.1) is 17.5 Å². The van der Waals surface area contributed by atoms with Gasteiger partial charge in [0, 0.05) is 19.6 Å². The molecular formula is C19H28ClN5O2. The van der Waals surface area contributed by atoms with Crippen LogP contribution in [0.3, 0.4) is 0 Å². The standard InChI is InChI=1S/C19H27N5O2.ClH/c1-4-17-18(19(25)23-12-5-10-20-11-13-23)21-22-24(17)15-6-8-16(9-7-15)26-14(2)3;/h6-9,14,20H,4-5,10-13H2,1-3H3;1H. The number of aromatic nitrogens is 3. The summed E-state index contributed by atoms with van der Waals surface area (Å²) in [6.07, 6.45) is 1.77. The van der Waals surface area contributed by atoms with E-state index in [-0.39, 0.29) is 24.4 Å². The maximum Gasteiger partial charge on any atom is 0.276 e. The van der Waals surface area contributed by atoms with Gasteiger partial charge in [0.1, 0.15) is 5.75 Å². The summed E-state index contributed by atoms with van der Waals surface area (Å²) in [7, 11) is 0. The highest BCUT2D eigenvalue weighted by atomic mass is 35.5. The lowest BCUT2D eigenvalue weighted by atomic mass is 10.2. The second-order valence-corrected chi connectivity index (χ2v) is 6.71. The van der Waals surface area contributed by atoms with Crippen LogP contribution in [0.1, 0.15) is 43.4 Å². The third-order valence-corrected chi connectivity index (χ3v) is 4.38. The van der Waals surface area contributed by atoms with Crippen LogP contribution in [0.4, 0.5) is 0 Å². The summed E-state index contributed by atoms with van der Waals surface area (Å²) in [5.41, 5.74) is 2.17. The molecule has 0 bridgehead atoms. The Morgan fingerprint density at radius 1 is 1.22 bits per heavy atom. The largest absolute Gasteiger partial charge is 0.491 e. The van der Waals surface area contributed by atoms with Gasteiger partial charge >= 0.3 is 0 Å². The first-order valence-electron chi connectivity index (χ1n) is 9.31. The van der Waals surface area contributed by atoms with E-state index in [2.05, 4.69) is 15.6 Å². The lowest BCUT2D eigenvalue weighted by Crippen LogP contribution is -2.35. The lowest BCUT2D eigenvalue weighted by Gasteiger charge is -2.19. The van der Waals surface area contributed by atoms with E-state index in [1.54, 1.807) is 4.68 Å². The van der Waals surface area contributed by atoms with Crippen molar-refractivity contribution in [1.29, 1.82) is 0 Å². The number of hydrogen-bond donors (Lipinski definition) is 1. The van der Waals surface area contributed by atoms with Gasteiger partial charge in [-0.25, -0.2) is 4.68 Å². The number of hydrogen-bond acceptors (Lipinski definition) is 5. The van der Waals surface area contributed by atoms with Crippen LogP contribution in [0, 0.1) is 0 Å². The van der Waals surface area contributed by atoms with Crippen molar-refractivity contribution in [3.63, 3.8) is 0 Å². The minimum atomic E-state index is -0.0310. The molecule has 0 spiro atoms. The minimum Gasteiger partial charge on any atom is -0.491 e. The van der Waals surface area contributed by atoms with Crippen molar-refractivity contribution in [1.82, 2.24) is 25.2 Å². The zero-order valence-electron chi connectivity index (χ0n) is 16.1. The van der Waals surface area contributed by atoms with Gasteiger partial charge in [-0.05, 0) is 57.5 Å². The van der Waals surface area contributed by atoms with E-state index in [1.807, 2.05) is 49.9 Å². The molecule has 1 amide bonds. The highest BCUT2D eigenvalue weighted by molar-refractivity contribution is 5.93. The monoisotopic (exact) mass is 393 g/mol. The fraction of sp³-hybridized carbons (Fsp3) is 0.526. The van der Waals surface area contributed by atoms with E-state index in [0.29, 0.717) is 18.7 Å². The Morgan fingerprint density at radius 3 is 2.63 bits per heavy atom. The molecule has 3 rings (SSSR count). The number of carbonyl (C=O) groups is 1. The number of rotatable bonds is 5. The van der Waals surface area contributed by atoms with E-state index < -0.39 is 0 Å². The molecule has 7 nitrogen and oxygen atoms in total. The van der Waals surface area contributed by atoms with E-state index in [0.717, 1.165) is 43.2 Å². The van der Waals surface area contributed by atoms with Gasteiger partial charge in [0.25, 0.3) is 5.91 Å².